The summed E-state index contributed by atoms with van der Waals surface area (Å²) >= 11 is 13.1. The Labute approximate surface area is 62.6 Å². The van der Waals surface area contributed by atoms with E-state index in [0.717, 1.165) is 0 Å². The van der Waals surface area contributed by atoms with Crippen molar-refractivity contribution >= 4 is 39.1 Å². The van der Waals surface area contributed by atoms with Crippen LogP contribution in [0.15, 0.2) is 11.6 Å². The SMILES string of the molecule is CBr.Cl/C=C\CCl. The molecule has 0 spiro atoms. The maximum Gasteiger partial charge on any atom is 0.0415 e. The van der Waals surface area contributed by atoms with Gasteiger partial charge in [-0.05, 0) is 5.83 Å². The van der Waals surface area contributed by atoms with E-state index in [1.807, 2.05) is 5.83 Å². The Morgan fingerprint density at radius 2 is 2.00 bits per heavy atom. The number of allylic oxidation sites excluding steroid dienone is 1. The predicted octanol–water partition coefficient (Wildman–Crippen LogP) is 2.99. The van der Waals surface area contributed by atoms with Crippen LogP contribution in [0.1, 0.15) is 0 Å². The molecule has 7 heavy (non-hydrogen) atoms. The number of rotatable bonds is 1. The van der Waals surface area contributed by atoms with Gasteiger partial charge < -0.3 is 0 Å². The minimum atomic E-state index is 0.503. The van der Waals surface area contributed by atoms with E-state index in [4.69, 9.17) is 23.2 Å². The van der Waals surface area contributed by atoms with E-state index >= 15 is 0 Å². The maximum atomic E-state index is 5.13. The monoisotopic (exact) mass is 204 g/mol. The number of hydrogen-bond donors (Lipinski definition) is 0. The van der Waals surface area contributed by atoms with E-state index in [2.05, 4.69) is 15.9 Å². The van der Waals surface area contributed by atoms with E-state index in [9.17, 15) is 0 Å². The normalized spacial score (nSPS) is 8.00. The summed E-state index contributed by atoms with van der Waals surface area (Å²) in [6, 6.07) is 0. The van der Waals surface area contributed by atoms with Gasteiger partial charge in [0.2, 0.25) is 0 Å². The highest BCUT2D eigenvalue weighted by molar-refractivity contribution is 9.08. The van der Waals surface area contributed by atoms with E-state index in [1.165, 1.54) is 5.54 Å². The smallest absolute Gasteiger partial charge is 0.0415 e. The molecule has 0 fully saturated rings. The van der Waals surface area contributed by atoms with Crippen LogP contribution in [0.25, 0.3) is 0 Å². The Morgan fingerprint density at radius 3 is 2.00 bits per heavy atom. The summed E-state index contributed by atoms with van der Waals surface area (Å²) in [6.07, 6.45) is 1.66. The van der Waals surface area contributed by atoms with Crippen LogP contribution in [0.5, 0.6) is 0 Å². The van der Waals surface area contributed by atoms with Crippen molar-refractivity contribution in [3.63, 3.8) is 0 Å². The van der Waals surface area contributed by atoms with E-state index < -0.39 is 0 Å². The van der Waals surface area contributed by atoms with Gasteiger partial charge in [0.25, 0.3) is 0 Å². The molecule has 0 bridgehead atoms. The highest BCUT2D eigenvalue weighted by Gasteiger charge is 1.56. The third-order valence-corrected chi connectivity index (χ3v) is 0.535. The second-order valence-electron chi connectivity index (χ2n) is 0.516. The molecule has 0 aromatic heterocycles. The Morgan fingerprint density at radius 1 is 1.57 bits per heavy atom. The molecule has 0 aromatic carbocycles. The van der Waals surface area contributed by atoms with Gasteiger partial charge in [-0.15, -0.1) is 11.6 Å². The molecule has 0 amide bonds. The summed E-state index contributed by atoms with van der Waals surface area (Å²) in [6.45, 7) is 0. The van der Waals surface area contributed by atoms with Crippen LogP contribution in [-0.4, -0.2) is 11.7 Å². The lowest BCUT2D eigenvalue weighted by molar-refractivity contribution is 1.79. The zero-order valence-corrected chi connectivity index (χ0v) is 7.09. The number of alkyl halides is 2. The molecule has 3 heteroatoms. The second-order valence-corrected chi connectivity index (χ2v) is 1.08. The molecule has 0 aromatic rings. The molecule has 0 aliphatic heterocycles. The molecule has 44 valence electrons. The van der Waals surface area contributed by atoms with Crippen LogP contribution < -0.4 is 0 Å². The fourth-order valence-corrected chi connectivity index (χ4v) is 0.303. The summed E-state index contributed by atoms with van der Waals surface area (Å²) in [4.78, 5) is 0. The molecule has 0 heterocycles. The van der Waals surface area contributed by atoms with Crippen molar-refractivity contribution < 1.29 is 0 Å². The minimum absolute atomic E-state index is 0.503. The molecule has 0 unspecified atom stereocenters. The summed E-state index contributed by atoms with van der Waals surface area (Å²) in [7, 11) is 0. The Balaban J connectivity index is 0. The molecule has 0 nitrogen and oxygen atoms in total. The van der Waals surface area contributed by atoms with Crippen molar-refractivity contribution in [2.45, 2.75) is 0 Å². The topological polar surface area (TPSA) is 0 Å². The molecular formula is C4H7BrCl2. The lowest BCUT2D eigenvalue weighted by Gasteiger charge is -1.61. The van der Waals surface area contributed by atoms with Gasteiger partial charge >= 0.3 is 0 Å². The first kappa shape index (κ1) is 10.7. The van der Waals surface area contributed by atoms with E-state index in [-0.39, 0.29) is 0 Å². The first-order valence-corrected chi connectivity index (χ1v) is 4.16. The summed E-state index contributed by atoms with van der Waals surface area (Å²) in [5, 5.41) is 0. The van der Waals surface area contributed by atoms with Crippen LogP contribution >= 0.6 is 39.1 Å². The molecule has 0 aliphatic rings. The third-order valence-electron chi connectivity index (χ3n) is 0.178. The van der Waals surface area contributed by atoms with Crippen LogP contribution in [-0.2, 0) is 0 Å². The van der Waals surface area contributed by atoms with Crippen LogP contribution in [0.2, 0.25) is 0 Å². The Bertz CT molecular complexity index is 36.7. The highest BCUT2D eigenvalue weighted by atomic mass is 79.9. The minimum Gasteiger partial charge on any atom is -0.122 e. The maximum absolute atomic E-state index is 5.13. The quantitative estimate of drug-likeness (QED) is 0.578. The third kappa shape index (κ3) is 20.0. The van der Waals surface area contributed by atoms with E-state index in [1.54, 1.807) is 6.08 Å². The van der Waals surface area contributed by atoms with Crippen molar-refractivity contribution in [2.75, 3.05) is 11.7 Å². The number of halogens is 3. The molecule has 0 saturated carbocycles. The van der Waals surface area contributed by atoms with Gasteiger partial charge in [0.05, 0.1) is 0 Å². The van der Waals surface area contributed by atoms with Gasteiger partial charge in [0.1, 0.15) is 0 Å². The van der Waals surface area contributed by atoms with Gasteiger partial charge in [0.15, 0.2) is 0 Å². The van der Waals surface area contributed by atoms with Gasteiger partial charge in [-0.2, -0.15) is 0 Å². The van der Waals surface area contributed by atoms with Gasteiger partial charge in [-0.25, -0.2) is 0 Å². The van der Waals surface area contributed by atoms with Crippen LogP contribution in [0.3, 0.4) is 0 Å². The molecule has 0 radical (unpaired) electrons. The molecule has 0 N–H and O–H groups in total. The average Bonchev–Trinajstić information content (AvgIpc) is 1.75. The first-order valence-electron chi connectivity index (χ1n) is 1.61. The molecular weight excluding hydrogens is 199 g/mol. The highest BCUT2D eigenvalue weighted by Crippen LogP contribution is 1.79. The zero-order chi connectivity index (χ0) is 6.12. The largest absolute Gasteiger partial charge is 0.122 e. The number of hydrogen-bond acceptors (Lipinski definition) is 0. The average molecular weight is 206 g/mol. The van der Waals surface area contributed by atoms with Gasteiger partial charge in [-0.1, -0.05) is 33.6 Å². The Kier molecular flexibility index (Phi) is 24.3. The summed E-state index contributed by atoms with van der Waals surface area (Å²) in [5.41, 5.74) is 1.40. The fourth-order valence-electron chi connectivity index (χ4n) is 0.0337. The van der Waals surface area contributed by atoms with Gasteiger partial charge in [-0.3, -0.25) is 0 Å². The summed E-state index contributed by atoms with van der Waals surface area (Å²) < 4.78 is 0. The van der Waals surface area contributed by atoms with Gasteiger partial charge in [0, 0.05) is 11.4 Å². The fraction of sp³-hybridized carbons (Fsp3) is 0.500. The van der Waals surface area contributed by atoms with Crippen molar-refractivity contribution in [2.24, 2.45) is 0 Å². The predicted molar refractivity (Wildman–Crippen MR) is 40.6 cm³/mol. The molecule has 0 atom stereocenters. The Hall–Kier alpha value is 0.800. The summed E-state index contributed by atoms with van der Waals surface area (Å²) in [5.74, 6) is 2.32. The van der Waals surface area contributed by atoms with Crippen molar-refractivity contribution in [3.8, 4) is 0 Å². The van der Waals surface area contributed by atoms with E-state index in [0.29, 0.717) is 5.88 Å². The first-order chi connectivity index (χ1) is 3.41. The van der Waals surface area contributed by atoms with Crippen molar-refractivity contribution in [3.05, 3.63) is 11.6 Å². The zero-order valence-electron chi connectivity index (χ0n) is 4.00. The van der Waals surface area contributed by atoms with Crippen molar-refractivity contribution in [1.29, 1.82) is 0 Å². The lowest BCUT2D eigenvalue weighted by atomic mass is 10.8. The molecule has 0 aliphatic carbocycles. The van der Waals surface area contributed by atoms with Crippen LogP contribution in [0.4, 0.5) is 0 Å². The van der Waals surface area contributed by atoms with Crippen LogP contribution in [0, 0.1) is 0 Å². The second kappa shape index (κ2) is 15.8. The lowest BCUT2D eigenvalue weighted by Crippen LogP contribution is -1.48. The standard InChI is InChI=1S/C3H4Cl2.CH3Br/c4-2-1-3-5;1-2/h1-2H,3H2;1H3/b2-1-;. The molecule has 0 rings (SSSR count). The molecule has 0 saturated heterocycles. The van der Waals surface area contributed by atoms with Crippen molar-refractivity contribution in [1.82, 2.24) is 0 Å².